The topological polar surface area (TPSA) is 24.5 Å². The van der Waals surface area contributed by atoms with Gasteiger partial charge >= 0.3 is 0 Å². The van der Waals surface area contributed by atoms with Crippen molar-refractivity contribution in [1.29, 1.82) is 0 Å². The molecule has 1 saturated heterocycles. The molecule has 1 fully saturated rings. The quantitative estimate of drug-likeness (QED) is 0.903. The number of nitrogens with zero attached hydrogens (tertiary/aromatic N) is 1. The lowest BCUT2D eigenvalue weighted by molar-refractivity contribution is 0.412. The highest BCUT2D eigenvalue weighted by molar-refractivity contribution is 9.10. The van der Waals surface area contributed by atoms with Gasteiger partial charge in [-0.05, 0) is 46.1 Å². The second-order valence-electron chi connectivity index (χ2n) is 5.56. The summed E-state index contributed by atoms with van der Waals surface area (Å²) in [7, 11) is 1.70. The predicted molar refractivity (Wildman–Crippen MR) is 94.8 cm³/mol. The van der Waals surface area contributed by atoms with Crippen molar-refractivity contribution in [3.63, 3.8) is 0 Å². The van der Waals surface area contributed by atoms with Gasteiger partial charge in [0.15, 0.2) is 0 Å². The summed E-state index contributed by atoms with van der Waals surface area (Å²) in [4.78, 5) is 2.49. The van der Waals surface area contributed by atoms with Gasteiger partial charge in [-0.1, -0.05) is 30.3 Å². The molecule has 1 aliphatic rings. The van der Waals surface area contributed by atoms with E-state index >= 15 is 0 Å². The van der Waals surface area contributed by atoms with Crippen molar-refractivity contribution < 1.29 is 4.74 Å². The van der Waals surface area contributed by atoms with Crippen LogP contribution in [-0.4, -0.2) is 32.8 Å². The van der Waals surface area contributed by atoms with E-state index in [-0.39, 0.29) is 0 Å². The van der Waals surface area contributed by atoms with Gasteiger partial charge in [-0.15, -0.1) is 0 Å². The first kappa shape index (κ1) is 15.4. The van der Waals surface area contributed by atoms with E-state index in [9.17, 15) is 0 Å². The summed E-state index contributed by atoms with van der Waals surface area (Å²) in [6.07, 6.45) is 1.05. The van der Waals surface area contributed by atoms with E-state index in [1.54, 1.807) is 7.11 Å². The van der Waals surface area contributed by atoms with E-state index in [4.69, 9.17) is 4.74 Å². The Labute approximate surface area is 140 Å². The third-order valence-electron chi connectivity index (χ3n) is 4.13. The number of halogens is 1. The van der Waals surface area contributed by atoms with Crippen molar-refractivity contribution in [1.82, 2.24) is 5.32 Å². The molecule has 1 unspecified atom stereocenters. The summed E-state index contributed by atoms with van der Waals surface area (Å²) >= 11 is 3.59. The average molecular weight is 361 g/mol. The third kappa shape index (κ3) is 3.45. The Bertz CT molecular complexity index is 618. The number of hydrogen-bond acceptors (Lipinski definition) is 3. The number of anilines is 1. The fourth-order valence-electron chi connectivity index (χ4n) is 3.00. The van der Waals surface area contributed by atoms with Gasteiger partial charge in [-0.3, -0.25) is 0 Å². The smallest absolute Gasteiger partial charge is 0.133 e. The van der Waals surface area contributed by atoms with Crippen molar-refractivity contribution in [3.05, 3.63) is 58.6 Å². The second kappa shape index (κ2) is 7.16. The Morgan fingerprint density at radius 1 is 1.23 bits per heavy atom. The third-order valence-corrected chi connectivity index (χ3v) is 4.75. The SMILES string of the molecule is COc1ccc(N2CCNCC2Cc2ccccc2)cc1Br. The first-order chi connectivity index (χ1) is 10.8. The van der Waals surface area contributed by atoms with E-state index in [0.717, 1.165) is 36.3 Å². The summed E-state index contributed by atoms with van der Waals surface area (Å²) in [5, 5.41) is 3.51. The number of benzene rings is 2. The monoisotopic (exact) mass is 360 g/mol. The van der Waals surface area contributed by atoms with Gasteiger partial charge in [0.05, 0.1) is 11.6 Å². The summed E-state index contributed by atoms with van der Waals surface area (Å²) in [5.74, 6) is 0.874. The van der Waals surface area contributed by atoms with Gasteiger partial charge in [0.2, 0.25) is 0 Å². The van der Waals surface area contributed by atoms with E-state index in [0.29, 0.717) is 6.04 Å². The number of piperazine rings is 1. The molecule has 1 aliphatic heterocycles. The lowest BCUT2D eigenvalue weighted by Gasteiger charge is -2.38. The van der Waals surface area contributed by atoms with Crippen LogP contribution < -0.4 is 15.0 Å². The molecule has 0 spiro atoms. The van der Waals surface area contributed by atoms with E-state index in [2.05, 4.69) is 68.6 Å². The molecule has 0 amide bonds. The van der Waals surface area contributed by atoms with Gasteiger partial charge in [0, 0.05) is 31.4 Å². The minimum absolute atomic E-state index is 0.469. The molecule has 0 radical (unpaired) electrons. The molecule has 116 valence electrons. The summed E-state index contributed by atoms with van der Waals surface area (Å²) in [5.41, 5.74) is 2.63. The van der Waals surface area contributed by atoms with Crippen LogP contribution in [-0.2, 0) is 6.42 Å². The van der Waals surface area contributed by atoms with E-state index < -0.39 is 0 Å². The zero-order valence-electron chi connectivity index (χ0n) is 12.8. The van der Waals surface area contributed by atoms with Crippen molar-refractivity contribution in [2.75, 3.05) is 31.6 Å². The van der Waals surface area contributed by atoms with E-state index in [1.807, 2.05) is 6.07 Å². The van der Waals surface area contributed by atoms with Crippen molar-refractivity contribution >= 4 is 21.6 Å². The fraction of sp³-hybridized carbons (Fsp3) is 0.333. The van der Waals surface area contributed by atoms with Crippen LogP contribution in [0.25, 0.3) is 0 Å². The van der Waals surface area contributed by atoms with Crippen LogP contribution in [0.5, 0.6) is 5.75 Å². The molecule has 2 aromatic rings. The highest BCUT2D eigenvalue weighted by Crippen LogP contribution is 2.31. The largest absolute Gasteiger partial charge is 0.496 e. The lowest BCUT2D eigenvalue weighted by Crippen LogP contribution is -2.52. The minimum atomic E-state index is 0.469. The van der Waals surface area contributed by atoms with Crippen LogP contribution >= 0.6 is 15.9 Å². The molecule has 3 nitrogen and oxygen atoms in total. The van der Waals surface area contributed by atoms with Gasteiger partial charge < -0.3 is 15.0 Å². The van der Waals surface area contributed by atoms with Crippen LogP contribution in [0.1, 0.15) is 5.56 Å². The summed E-state index contributed by atoms with van der Waals surface area (Å²) in [6, 6.07) is 17.5. The standard InChI is InChI=1S/C18H21BrN2O/c1-22-18-8-7-15(12-17(18)19)21-10-9-20-13-16(21)11-14-5-3-2-4-6-14/h2-8,12,16,20H,9-11,13H2,1H3. The Morgan fingerprint density at radius 2 is 2.05 bits per heavy atom. The molecule has 1 atom stereocenters. The highest BCUT2D eigenvalue weighted by Gasteiger charge is 2.23. The fourth-order valence-corrected chi connectivity index (χ4v) is 3.53. The van der Waals surface area contributed by atoms with Crippen molar-refractivity contribution in [3.8, 4) is 5.75 Å². The second-order valence-corrected chi connectivity index (χ2v) is 6.41. The van der Waals surface area contributed by atoms with Crippen LogP contribution in [0.15, 0.2) is 53.0 Å². The number of methoxy groups -OCH3 is 1. The van der Waals surface area contributed by atoms with Gasteiger partial charge in [0.1, 0.15) is 5.75 Å². The average Bonchev–Trinajstić information content (AvgIpc) is 2.56. The molecule has 4 heteroatoms. The maximum atomic E-state index is 5.33. The number of nitrogens with one attached hydrogen (secondary N) is 1. The van der Waals surface area contributed by atoms with E-state index in [1.165, 1.54) is 11.3 Å². The van der Waals surface area contributed by atoms with Crippen LogP contribution in [0.2, 0.25) is 0 Å². The Morgan fingerprint density at radius 3 is 2.77 bits per heavy atom. The molecular formula is C18H21BrN2O. The zero-order chi connectivity index (χ0) is 15.4. The molecule has 0 aromatic heterocycles. The van der Waals surface area contributed by atoms with Crippen LogP contribution in [0.3, 0.4) is 0 Å². The molecule has 0 saturated carbocycles. The maximum absolute atomic E-state index is 5.33. The van der Waals surface area contributed by atoms with Crippen molar-refractivity contribution in [2.45, 2.75) is 12.5 Å². The van der Waals surface area contributed by atoms with Gasteiger partial charge in [-0.2, -0.15) is 0 Å². The molecule has 3 rings (SSSR count). The van der Waals surface area contributed by atoms with Gasteiger partial charge in [-0.25, -0.2) is 0 Å². The minimum Gasteiger partial charge on any atom is -0.496 e. The molecular weight excluding hydrogens is 340 g/mol. The zero-order valence-corrected chi connectivity index (χ0v) is 14.3. The first-order valence-corrected chi connectivity index (χ1v) is 8.42. The first-order valence-electron chi connectivity index (χ1n) is 7.63. The Balaban J connectivity index is 1.81. The van der Waals surface area contributed by atoms with Crippen molar-refractivity contribution in [2.24, 2.45) is 0 Å². The molecule has 0 aliphatic carbocycles. The van der Waals surface area contributed by atoms with Gasteiger partial charge in [0.25, 0.3) is 0 Å². The molecule has 1 heterocycles. The summed E-state index contributed by atoms with van der Waals surface area (Å²) in [6.45, 7) is 3.06. The van der Waals surface area contributed by atoms with Crippen LogP contribution in [0, 0.1) is 0 Å². The molecule has 1 N–H and O–H groups in total. The maximum Gasteiger partial charge on any atom is 0.133 e. The van der Waals surface area contributed by atoms with Crippen LogP contribution in [0.4, 0.5) is 5.69 Å². The Hall–Kier alpha value is -1.52. The number of ether oxygens (including phenoxy) is 1. The molecule has 0 bridgehead atoms. The molecule has 22 heavy (non-hydrogen) atoms. The highest BCUT2D eigenvalue weighted by atomic mass is 79.9. The lowest BCUT2D eigenvalue weighted by atomic mass is 10.0. The summed E-state index contributed by atoms with van der Waals surface area (Å²) < 4.78 is 6.34. The number of rotatable bonds is 4. The number of hydrogen-bond donors (Lipinski definition) is 1. The Kier molecular flexibility index (Phi) is 5.01. The normalized spacial score (nSPS) is 18.3. The molecule has 2 aromatic carbocycles. The predicted octanol–water partition coefficient (Wildman–Crippen LogP) is 3.48.